The first-order chi connectivity index (χ1) is 10.3. The number of alkyl halides is 3. The molecule has 1 aliphatic rings. The van der Waals surface area contributed by atoms with E-state index in [-0.39, 0.29) is 18.2 Å². The van der Waals surface area contributed by atoms with Gasteiger partial charge in [-0.2, -0.15) is 13.2 Å². The number of likely N-dealkylation sites (tertiary alicyclic amines) is 1. The van der Waals surface area contributed by atoms with Gasteiger partial charge in [-0.3, -0.25) is 0 Å². The van der Waals surface area contributed by atoms with E-state index >= 15 is 0 Å². The second-order valence-electron chi connectivity index (χ2n) is 5.57. The number of hydrogen-bond acceptors (Lipinski definition) is 2. The van der Waals surface area contributed by atoms with E-state index in [1.807, 2.05) is 0 Å². The summed E-state index contributed by atoms with van der Waals surface area (Å²) in [5.41, 5.74) is -0.0388. The lowest BCUT2D eigenvalue weighted by atomic mass is 9.98. The summed E-state index contributed by atoms with van der Waals surface area (Å²) >= 11 is 0. The first-order valence-corrected chi connectivity index (χ1v) is 7.16. The van der Waals surface area contributed by atoms with Crippen molar-refractivity contribution in [3.8, 4) is 0 Å². The zero-order valence-corrected chi connectivity index (χ0v) is 12.3. The Balaban J connectivity index is 2.05. The maximum atomic E-state index is 12.7. The number of nitrogens with one attached hydrogen (secondary N) is 1. The van der Waals surface area contributed by atoms with E-state index in [2.05, 4.69) is 5.32 Å². The molecule has 0 saturated carbocycles. The Morgan fingerprint density at radius 1 is 1.36 bits per heavy atom. The summed E-state index contributed by atoms with van der Waals surface area (Å²) in [7, 11) is 0. The average Bonchev–Trinajstić information content (AvgIpc) is 2.48. The number of piperidine rings is 1. The van der Waals surface area contributed by atoms with Crippen LogP contribution >= 0.6 is 0 Å². The van der Waals surface area contributed by atoms with Crippen LogP contribution in [-0.4, -0.2) is 35.7 Å². The minimum Gasteiger partial charge on any atom is -0.396 e. The molecular weight excluding hydrogens is 297 g/mol. The quantitative estimate of drug-likeness (QED) is 0.880. The minimum absolute atomic E-state index is 0.0994. The first-order valence-electron chi connectivity index (χ1n) is 7.16. The highest BCUT2D eigenvalue weighted by Crippen LogP contribution is 2.32. The molecule has 0 atom stereocenters. The molecule has 2 amide bonds. The predicted octanol–water partition coefficient (Wildman–Crippen LogP) is 3.25. The van der Waals surface area contributed by atoms with E-state index in [1.165, 1.54) is 6.07 Å². The summed E-state index contributed by atoms with van der Waals surface area (Å²) in [6, 6.07) is 2.89. The summed E-state index contributed by atoms with van der Waals surface area (Å²) in [6.07, 6.45) is -3.04. The molecule has 0 aromatic heterocycles. The van der Waals surface area contributed by atoms with Gasteiger partial charge in [-0.1, -0.05) is 6.07 Å². The zero-order valence-electron chi connectivity index (χ0n) is 12.3. The Hall–Kier alpha value is -1.76. The third kappa shape index (κ3) is 3.91. The highest BCUT2D eigenvalue weighted by atomic mass is 19.4. The summed E-state index contributed by atoms with van der Waals surface area (Å²) in [5.74, 6) is 0.194. The Labute approximate surface area is 126 Å². The molecule has 1 fully saturated rings. The molecule has 1 aliphatic heterocycles. The lowest BCUT2D eigenvalue weighted by molar-refractivity contribution is -0.137. The third-order valence-corrected chi connectivity index (χ3v) is 3.97. The molecule has 22 heavy (non-hydrogen) atoms. The molecule has 122 valence electrons. The van der Waals surface area contributed by atoms with Gasteiger partial charge in [0, 0.05) is 25.4 Å². The maximum absolute atomic E-state index is 12.7. The number of rotatable bonds is 2. The highest BCUT2D eigenvalue weighted by molar-refractivity contribution is 5.90. The van der Waals surface area contributed by atoms with E-state index in [0.29, 0.717) is 31.5 Å². The molecule has 0 spiro atoms. The third-order valence-electron chi connectivity index (χ3n) is 3.97. The summed E-state index contributed by atoms with van der Waals surface area (Å²) in [5, 5.41) is 11.6. The van der Waals surface area contributed by atoms with Crippen molar-refractivity contribution in [2.24, 2.45) is 5.92 Å². The van der Waals surface area contributed by atoms with Crippen molar-refractivity contribution >= 4 is 11.7 Å². The Bertz CT molecular complexity index is 538. The highest BCUT2D eigenvalue weighted by Gasteiger charge is 2.31. The molecule has 4 nitrogen and oxygen atoms in total. The van der Waals surface area contributed by atoms with Crippen LogP contribution in [0.5, 0.6) is 0 Å². The second-order valence-corrected chi connectivity index (χ2v) is 5.57. The van der Waals surface area contributed by atoms with Crippen LogP contribution in [0.2, 0.25) is 0 Å². The monoisotopic (exact) mass is 316 g/mol. The smallest absolute Gasteiger partial charge is 0.396 e. The van der Waals surface area contributed by atoms with Gasteiger partial charge >= 0.3 is 12.2 Å². The molecule has 7 heteroatoms. The van der Waals surface area contributed by atoms with Gasteiger partial charge in [0.25, 0.3) is 0 Å². The van der Waals surface area contributed by atoms with Crippen molar-refractivity contribution in [3.63, 3.8) is 0 Å². The van der Waals surface area contributed by atoms with Crippen LogP contribution in [0, 0.1) is 12.8 Å². The molecule has 0 unspecified atom stereocenters. The van der Waals surface area contributed by atoms with E-state index in [9.17, 15) is 18.0 Å². The van der Waals surface area contributed by atoms with Crippen molar-refractivity contribution in [1.82, 2.24) is 4.90 Å². The zero-order chi connectivity index (χ0) is 16.3. The summed E-state index contributed by atoms with van der Waals surface area (Å²) < 4.78 is 38.2. The summed E-state index contributed by atoms with van der Waals surface area (Å²) in [4.78, 5) is 13.7. The molecular formula is C15H19F3N2O2. The molecule has 1 heterocycles. The number of carbonyl (C=O) groups is 1. The number of halogens is 3. The number of carbonyl (C=O) groups excluding carboxylic acids is 1. The van der Waals surface area contributed by atoms with E-state index in [1.54, 1.807) is 11.8 Å². The number of aryl methyl sites for hydroxylation is 1. The Morgan fingerprint density at radius 2 is 2.00 bits per heavy atom. The fourth-order valence-electron chi connectivity index (χ4n) is 2.45. The van der Waals surface area contributed by atoms with Crippen LogP contribution in [0.1, 0.15) is 24.0 Å². The molecule has 2 N–H and O–H groups in total. The fraction of sp³-hybridized carbons (Fsp3) is 0.533. The standard InChI is InChI=1S/C15H19F3N2O2/c1-10-2-3-12(15(16,17)18)8-13(10)19-14(22)20-6-4-11(9-21)5-7-20/h2-3,8,11,21H,4-7,9H2,1H3,(H,19,22). The second kappa shape index (κ2) is 6.56. The van der Waals surface area contributed by atoms with Crippen molar-refractivity contribution in [2.75, 3.05) is 25.0 Å². The van der Waals surface area contributed by atoms with Crippen molar-refractivity contribution in [2.45, 2.75) is 25.9 Å². The summed E-state index contributed by atoms with van der Waals surface area (Å²) in [6.45, 7) is 2.74. The SMILES string of the molecule is Cc1ccc(C(F)(F)F)cc1NC(=O)N1CCC(CO)CC1. The molecule has 0 bridgehead atoms. The maximum Gasteiger partial charge on any atom is 0.416 e. The minimum atomic E-state index is -4.44. The van der Waals surface area contributed by atoms with Crippen LogP contribution in [0.25, 0.3) is 0 Å². The molecule has 2 rings (SSSR count). The first kappa shape index (κ1) is 16.6. The lowest BCUT2D eigenvalue weighted by Crippen LogP contribution is -2.41. The van der Waals surface area contributed by atoms with Crippen molar-refractivity contribution in [1.29, 1.82) is 0 Å². The van der Waals surface area contributed by atoms with Crippen LogP contribution in [0.3, 0.4) is 0 Å². The molecule has 1 saturated heterocycles. The number of benzene rings is 1. The number of hydrogen-bond donors (Lipinski definition) is 2. The number of amides is 2. The van der Waals surface area contributed by atoms with Crippen LogP contribution in [0.4, 0.5) is 23.7 Å². The molecule has 0 aliphatic carbocycles. The van der Waals surface area contributed by atoms with Crippen molar-refractivity contribution < 1.29 is 23.1 Å². The van der Waals surface area contributed by atoms with E-state index in [4.69, 9.17) is 5.11 Å². The number of nitrogens with zero attached hydrogens (tertiary/aromatic N) is 1. The van der Waals surface area contributed by atoms with Crippen LogP contribution in [0.15, 0.2) is 18.2 Å². The average molecular weight is 316 g/mol. The van der Waals surface area contributed by atoms with Crippen molar-refractivity contribution in [3.05, 3.63) is 29.3 Å². The number of aliphatic hydroxyl groups excluding tert-OH is 1. The van der Waals surface area contributed by atoms with Crippen LogP contribution < -0.4 is 5.32 Å². The van der Waals surface area contributed by atoms with Crippen LogP contribution in [-0.2, 0) is 6.18 Å². The largest absolute Gasteiger partial charge is 0.416 e. The number of urea groups is 1. The topological polar surface area (TPSA) is 52.6 Å². The van der Waals surface area contributed by atoms with E-state index < -0.39 is 17.8 Å². The Kier molecular flexibility index (Phi) is 4.95. The van der Waals surface area contributed by atoms with Gasteiger partial charge in [-0.05, 0) is 43.4 Å². The van der Waals surface area contributed by atoms with E-state index in [0.717, 1.165) is 12.1 Å². The van der Waals surface area contributed by atoms with Gasteiger partial charge in [0.2, 0.25) is 0 Å². The lowest BCUT2D eigenvalue weighted by Gasteiger charge is -2.31. The number of anilines is 1. The van der Waals surface area contributed by atoms with Gasteiger partial charge < -0.3 is 15.3 Å². The Morgan fingerprint density at radius 3 is 2.55 bits per heavy atom. The molecule has 0 radical (unpaired) electrons. The van der Waals surface area contributed by atoms with Gasteiger partial charge in [-0.15, -0.1) is 0 Å². The van der Waals surface area contributed by atoms with Gasteiger partial charge in [0.15, 0.2) is 0 Å². The van der Waals surface area contributed by atoms with Gasteiger partial charge in [0.05, 0.1) is 5.56 Å². The normalized spacial score (nSPS) is 16.7. The fourth-order valence-corrected chi connectivity index (χ4v) is 2.45. The molecule has 1 aromatic rings. The van der Waals surface area contributed by atoms with Gasteiger partial charge in [-0.25, -0.2) is 4.79 Å². The van der Waals surface area contributed by atoms with Gasteiger partial charge in [0.1, 0.15) is 0 Å². The number of aliphatic hydroxyl groups is 1. The predicted molar refractivity (Wildman–Crippen MR) is 76.6 cm³/mol. The molecule has 1 aromatic carbocycles.